The van der Waals surface area contributed by atoms with Gasteiger partial charge < -0.3 is 14.4 Å². The largest absolute Gasteiger partial charge is 0.506 e. The third kappa shape index (κ3) is 2.90. The Kier molecular flexibility index (Phi) is 4.35. The molecule has 0 aliphatic heterocycles. The first-order valence-corrected chi connectivity index (χ1v) is 7.94. The minimum absolute atomic E-state index is 0.0518. The molecule has 0 saturated heterocycles. The van der Waals surface area contributed by atoms with E-state index in [9.17, 15) is 9.90 Å². The van der Waals surface area contributed by atoms with Crippen LogP contribution in [0.3, 0.4) is 0 Å². The van der Waals surface area contributed by atoms with Crippen molar-refractivity contribution in [3.63, 3.8) is 0 Å². The van der Waals surface area contributed by atoms with Crippen molar-refractivity contribution < 1.29 is 9.52 Å². The average molecular weight is 344 g/mol. The monoisotopic (exact) mass is 343 g/mol. The van der Waals surface area contributed by atoms with Crippen molar-refractivity contribution in [3.05, 3.63) is 63.0 Å². The number of fused-ring (bicyclic) bond motifs is 1. The van der Waals surface area contributed by atoms with Crippen LogP contribution in [0.2, 0.25) is 5.02 Å². The quantitative estimate of drug-likeness (QED) is 0.774. The van der Waals surface area contributed by atoms with Crippen LogP contribution in [0.5, 0.6) is 5.75 Å². The minimum Gasteiger partial charge on any atom is -0.506 e. The molecule has 0 unspecified atom stereocenters. The second kappa shape index (κ2) is 6.30. The van der Waals surface area contributed by atoms with Gasteiger partial charge in [0.05, 0.1) is 21.5 Å². The van der Waals surface area contributed by atoms with Gasteiger partial charge in [0.1, 0.15) is 17.6 Å². The number of hydrogen-bond acceptors (Lipinski definition) is 4. The van der Waals surface area contributed by atoms with Gasteiger partial charge in [0.2, 0.25) is 5.43 Å². The molecule has 0 atom stereocenters. The molecule has 4 nitrogen and oxygen atoms in total. The van der Waals surface area contributed by atoms with Gasteiger partial charge in [-0.1, -0.05) is 41.4 Å². The Morgan fingerprint density at radius 3 is 2.50 bits per heavy atom. The van der Waals surface area contributed by atoms with Crippen LogP contribution in [0.1, 0.15) is 11.1 Å². The predicted molar refractivity (Wildman–Crippen MR) is 96.7 cm³/mol. The Morgan fingerprint density at radius 2 is 1.88 bits per heavy atom. The van der Waals surface area contributed by atoms with Gasteiger partial charge in [-0.05, 0) is 32.6 Å². The van der Waals surface area contributed by atoms with Gasteiger partial charge in [-0.2, -0.15) is 0 Å². The highest BCUT2D eigenvalue weighted by molar-refractivity contribution is 6.33. The van der Waals surface area contributed by atoms with E-state index in [4.69, 9.17) is 16.0 Å². The van der Waals surface area contributed by atoms with E-state index in [0.29, 0.717) is 28.6 Å². The number of hydrogen-bond donors (Lipinski definition) is 1. The van der Waals surface area contributed by atoms with E-state index in [-0.39, 0.29) is 16.2 Å². The van der Waals surface area contributed by atoms with Crippen LogP contribution in [0.25, 0.3) is 22.1 Å². The number of phenols is 1. The average Bonchev–Trinajstić information content (AvgIpc) is 2.54. The van der Waals surface area contributed by atoms with Gasteiger partial charge >= 0.3 is 0 Å². The van der Waals surface area contributed by atoms with Crippen LogP contribution in [0, 0.1) is 6.92 Å². The summed E-state index contributed by atoms with van der Waals surface area (Å²) in [6.45, 7) is 2.40. The van der Waals surface area contributed by atoms with Crippen molar-refractivity contribution in [3.8, 4) is 16.9 Å². The predicted octanol–water partition coefficient (Wildman–Crippen LogP) is 4.19. The van der Waals surface area contributed by atoms with Gasteiger partial charge in [0, 0.05) is 6.54 Å². The molecule has 0 saturated carbocycles. The summed E-state index contributed by atoms with van der Waals surface area (Å²) < 4.78 is 5.73. The molecule has 3 aromatic rings. The Labute approximate surface area is 144 Å². The Balaban J connectivity index is 2.28. The maximum absolute atomic E-state index is 12.9. The molecule has 124 valence electrons. The maximum atomic E-state index is 12.9. The fourth-order valence-electron chi connectivity index (χ4n) is 2.69. The molecule has 1 heterocycles. The lowest BCUT2D eigenvalue weighted by Gasteiger charge is -2.14. The van der Waals surface area contributed by atoms with Crippen LogP contribution < -0.4 is 5.43 Å². The standard InChI is InChI=1S/C19H18ClNO3/c1-11-4-6-12(7-5-11)15-10-24-19-13(17(15)22)8-16(20)18(23)14(19)9-21(2)3/h4-8,10,23H,9H2,1-3H3. The highest BCUT2D eigenvalue weighted by atomic mass is 35.5. The third-order valence-electron chi connectivity index (χ3n) is 3.92. The third-order valence-corrected chi connectivity index (χ3v) is 4.21. The lowest BCUT2D eigenvalue weighted by atomic mass is 10.0. The number of aromatic hydroxyl groups is 1. The van der Waals surface area contributed by atoms with E-state index in [2.05, 4.69) is 0 Å². The molecule has 0 aliphatic rings. The summed E-state index contributed by atoms with van der Waals surface area (Å²) in [6, 6.07) is 9.13. The molecule has 2 aromatic carbocycles. The molecular weight excluding hydrogens is 326 g/mol. The number of rotatable bonds is 3. The van der Waals surface area contributed by atoms with Crippen molar-refractivity contribution >= 4 is 22.6 Å². The van der Waals surface area contributed by atoms with Crippen LogP contribution >= 0.6 is 11.6 Å². The number of aryl methyl sites for hydroxylation is 1. The number of halogens is 1. The molecule has 1 aromatic heterocycles. The summed E-state index contributed by atoms with van der Waals surface area (Å²) in [4.78, 5) is 14.8. The second-order valence-electron chi connectivity index (χ2n) is 6.14. The summed E-state index contributed by atoms with van der Waals surface area (Å²) in [6.07, 6.45) is 1.45. The van der Waals surface area contributed by atoms with Gasteiger partial charge in [0.15, 0.2) is 0 Å². The zero-order valence-corrected chi connectivity index (χ0v) is 14.5. The van der Waals surface area contributed by atoms with Crippen molar-refractivity contribution in [1.29, 1.82) is 0 Å². The molecule has 0 spiro atoms. The highest BCUT2D eigenvalue weighted by Crippen LogP contribution is 2.35. The molecule has 0 radical (unpaired) electrons. The summed E-state index contributed by atoms with van der Waals surface area (Å²) in [5.74, 6) is -0.0518. The van der Waals surface area contributed by atoms with Crippen molar-refractivity contribution in [1.82, 2.24) is 4.90 Å². The summed E-state index contributed by atoms with van der Waals surface area (Å²) in [5, 5.41) is 10.7. The van der Waals surface area contributed by atoms with Crippen LogP contribution in [0.4, 0.5) is 0 Å². The molecule has 0 fully saturated rings. The fraction of sp³-hybridized carbons (Fsp3) is 0.211. The first-order chi connectivity index (χ1) is 11.4. The SMILES string of the molecule is Cc1ccc(-c2coc3c(CN(C)C)c(O)c(Cl)cc3c2=O)cc1. The van der Waals surface area contributed by atoms with Gasteiger partial charge in [-0.25, -0.2) is 0 Å². The highest BCUT2D eigenvalue weighted by Gasteiger charge is 2.18. The fourth-order valence-corrected chi connectivity index (χ4v) is 2.91. The van der Waals surface area contributed by atoms with E-state index in [1.54, 1.807) is 0 Å². The zero-order chi connectivity index (χ0) is 17.4. The molecule has 0 bridgehead atoms. The summed E-state index contributed by atoms with van der Waals surface area (Å²) in [7, 11) is 3.73. The van der Waals surface area contributed by atoms with E-state index in [1.165, 1.54) is 12.3 Å². The van der Waals surface area contributed by atoms with Crippen molar-refractivity contribution in [2.75, 3.05) is 14.1 Å². The van der Waals surface area contributed by atoms with E-state index in [1.807, 2.05) is 50.2 Å². The Bertz CT molecular complexity index is 959. The van der Waals surface area contributed by atoms with Crippen molar-refractivity contribution in [2.24, 2.45) is 0 Å². The van der Waals surface area contributed by atoms with Crippen LogP contribution in [0.15, 0.2) is 45.8 Å². The minimum atomic E-state index is -0.165. The van der Waals surface area contributed by atoms with E-state index in [0.717, 1.165) is 11.1 Å². The summed E-state index contributed by atoms with van der Waals surface area (Å²) in [5.41, 5.74) is 3.09. The lowest BCUT2D eigenvalue weighted by Crippen LogP contribution is -2.13. The molecule has 0 amide bonds. The topological polar surface area (TPSA) is 53.7 Å². The molecule has 1 N–H and O–H groups in total. The number of benzene rings is 2. The summed E-state index contributed by atoms with van der Waals surface area (Å²) >= 11 is 6.12. The van der Waals surface area contributed by atoms with Gasteiger partial charge in [-0.3, -0.25) is 4.79 Å². The zero-order valence-electron chi connectivity index (χ0n) is 13.8. The maximum Gasteiger partial charge on any atom is 0.200 e. The molecule has 0 aliphatic carbocycles. The molecule has 5 heteroatoms. The smallest absolute Gasteiger partial charge is 0.200 e. The molecular formula is C19H18ClNO3. The Hall–Kier alpha value is -2.30. The first kappa shape index (κ1) is 16.6. The van der Waals surface area contributed by atoms with Gasteiger partial charge in [-0.15, -0.1) is 0 Å². The van der Waals surface area contributed by atoms with E-state index < -0.39 is 0 Å². The first-order valence-electron chi connectivity index (χ1n) is 7.56. The normalized spacial score (nSPS) is 11.4. The Morgan fingerprint density at radius 1 is 1.21 bits per heavy atom. The van der Waals surface area contributed by atoms with Crippen LogP contribution in [-0.4, -0.2) is 24.1 Å². The number of phenolic OH excluding ortho intramolecular Hbond substituents is 1. The molecule has 3 rings (SSSR count). The van der Waals surface area contributed by atoms with Crippen LogP contribution in [-0.2, 0) is 6.54 Å². The van der Waals surface area contributed by atoms with E-state index >= 15 is 0 Å². The lowest BCUT2D eigenvalue weighted by molar-refractivity contribution is 0.384. The molecule has 24 heavy (non-hydrogen) atoms. The second-order valence-corrected chi connectivity index (χ2v) is 6.55. The van der Waals surface area contributed by atoms with Gasteiger partial charge in [0.25, 0.3) is 0 Å². The number of nitrogens with zero attached hydrogens (tertiary/aromatic N) is 1. The van der Waals surface area contributed by atoms with Crippen molar-refractivity contribution in [2.45, 2.75) is 13.5 Å².